The van der Waals surface area contributed by atoms with Gasteiger partial charge in [0.1, 0.15) is 0 Å². The summed E-state index contributed by atoms with van der Waals surface area (Å²) < 4.78 is 5.71. The third-order valence-corrected chi connectivity index (χ3v) is 3.98. The van der Waals surface area contributed by atoms with Crippen LogP contribution in [-0.2, 0) is 22.7 Å². The van der Waals surface area contributed by atoms with E-state index < -0.39 is 0 Å². The van der Waals surface area contributed by atoms with Crippen LogP contribution in [0.5, 0.6) is 0 Å². The average molecular weight is 310 g/mol. The van der Waals surface area contributed by atoms with Crippen molar-refractivity contribution in [3.63, 3.8) is 0 Å². The van der Waals surface area contributed by atoms with Crippen LogP contribution in [0.3, 0.4) is 0 Å². The summed E-state index contributed by atoms with van der Waals surface area (Å²) in [6, 6.07) is 17.9. The number of hydrogen-bond donors (Lipinski definition) is 2. The molecule has 0 spiro atoms. The van der Waals surface area contributed by atoms with Crippen LogP contribution in [-0.4, -0.2) is 18.5 Å². The van der Waals surface area contributed by atoms with Gasteiger partial charge in [0.25, 0.3) is 0 Å². The monoisotopic (exact) mass is 310 g/mol. The van der Waals surface area contributed by atoms with E-state index in [-0.39, 0.29) is 11.9 Å². The summed E-state index contributed by atoms with van der Waals surface area (Å²) in [5.41, 5.74) is 3.09. The first-order chi connectivity index (χ1) is 11.3. The first-order valence-corrected chi connectivity index (χ1v) is 8.06. The maximum atomic E-state index is 12.0. The molecule has 1 heterocycles. The van der Waals surface area contributed by atoms with Gasteiger partial charge in [-0.25, -0.2) is 0 Å². The predicted molar refractivity (Wildman–Crippen MR) is 91.0 cm³/mol. The SMILES string of the molecule is O=C(Nc1ccc(COCc2ccccc2)cc1)C1CCCN1. The lowest BCUT2D eigenvalue weighted by atomic mass is 10.2. The third kappa shape index (κ3) is 4.65. The topological polar surface area (TPSA) is 50.4 Å². The molecule has 2 aromatic rings. The van der Waals surface area contributed by atoms with E-state index in [1.807, 2.05) is 42.5 Å². The molecule has 1 amide bonds. The Labute approximate surface area is 136 Å². The highest BCUT2D eigenvalue weighted by molar-refractivity contribution is 5.95. The molecule has 4 nitrogen and oxygen atoms in total. The zero-order chi connectivity index (χ0) is 15.9. The van der Waals surface area contributed by atoms with Gasteiger partial charge < -0.3 is 15.4 Å². The minimum atomic E-state index is -0.0520. The van der Waals surface area contributed by atoms with Crippen molar-refractivity contribution < 1.29 is 9.53 Å². The van der Waals surface area contributed by atoms with Crippen molar-refractivity contribution in [2.75, 3.05) is 11.9 Å². The van der Waals surface area contributed by atoms with Gasteiger partial charge in [-0.2, -0.15) is 0 Å². The highest BCUT2D eigenvalue weighted by Crippen LogP contribution is 2.13. The Morgan fingerprint density at radius 3 is 2.39 bits per heavy atom. The molecule has 1 saturated heterocycles. The predicted octanol–water partition coefficient (Wildman–Crippen LogP) is 3.09. The molecule has 0 saturated carbocycles. The summed E-state index contributed by atoms with van der Waals surface area (Å²) in [7, 11) is 0. The molecule has 2 N–H and O–H groups in total. The highest BCUT2D eigenvalue weighted by atomic mass is 16.5. The lowest BCUT2D eigenvalue weighted by Gasteiger charge is -2.11. The molecule has 1 fully saturated rings. The number of nitrogens with one attached hydrogen (secondary N) is 2. The molecule has 120 valence electrons. The van der Waals surface area contributed by atoms with Gasteiger partial charge in [0.15, 0.2) is 0 Å². The number of rotatable bonds is 6. The van der Waals surface area contributed by atoms with Gasteiger partial charge in [0, 0.05) is 5.69 Å². The highest BCUT2D eigenvalue weighted by Gasteiger charge is 2.21. The summed E-state index contributed by atoms with van der Waals surface area (Å²) in [5, 5.41) is 6.15. The maximum absolute atomic E-state index is 12.0. The van der Waals surface area contributed by atoms with Crippen LogP contribution >= 0.6 is 0 Å². The number of ether oxygens (including phenoxy) is 1. The zero-order valence-corrected chi connectivity index (χ0v) is 13.1. The molecule has 1 aliphatic heterocycles. The van der Waals surface area contributed by atoms with Gasteiger partial charge >= 0.3 is 0 Å². The molecular weight excluding hydrogens is 288 g/mol. The molecule has 0 radical (unpaired) electrons. The molecule has 23 heavy (non-hydrogen) atoms. The number of hydrogen-bond acceptors (Lipinski definition) is 3. The molecule has 4 heteroatoms. The lowest BCUT2D eigenvalue weighted by Crippen LogP contribution is -2.35. The van der Waals surface area contributed by atoms with Crippen LogP contribution in [0.2, 0.25) is 0 Å². The Bertz CT molecular complexity index is 620. The van der Waals surface area contributed by atoms with Crippen molar-refractivity contribution >= 4 is 11.6 Å². The number of carbonyl (C=O) groups is 1. The summed E-state index contributed by atoms with van der Waals surface area (Å²) in [6.45, 7) is 2.09. The van der Waals surface area contributed by atoms with Gasteiger partial charge in [-0.05, 0) is 42.6 Å². The zero-order valence-electron chi connectivity index (χ0n) is 13.1. The molecule has 1 atom stereocenters. The lowest BCUT2D eigenvalue weighted by molar-refractivity contribution is -0.117. The minimum Gasteiger partial charge on any atom is -0.372 e. The van der Waals surface area contributed by atoms with Gasteiger partial charge in [-0.15, -0.1) is 0 Å². The standard InChI is InChI=1S/C19H22N2O2/c22-19(18-7-4-12-20-18)21-17-10-8-16(9-11-17)14-23-13-15-5-2-1-3-6-15/h1-3,5-6,8-11,18,20H,4,7,12-14H2,(H,21,22). The molecule has 1 unspecified atom stereocenters. The van der Waals surface area contributed by atoms with Crippen LogP contribution in [0, 0.1) is 0 Å². The number of amides is 1. The second-order valence-electron chi connectivity index (χ2n) is 5.81. The van der Waals surface area contributed by atoms with Crippen LogP contribution < -0.4 is 10.6 Å². The largest absolute Gasteiger partial charge is 0.372 e. The molecule has 0 aliphatic carbocycles. The molecule has 0 bridgehead atoms. The van der Waals surface area contributed by atoms with Gasteiger partial charge in [-0.3, -0.25) is 4.79 Å². The Kier molecular flexibility index (Phi) is 5.40. The van der Waals surface area contributed by atoms with E-state index in [1.165, 1.54) is 5.56 Å². The molecule has 1 aliphatic rings. The Morgan fingerprint density at radius 1 is 1.04 bits per heavy atom. The second-order valence-corrected chi connectivity index (χ2v) is 5.81. The first kappa shape index (κ1) is 15.7. The molecular formula is C19H22N2O2. The minimum absolute atomic E-state index is 0.0515. The van der Waals surface area contributed by atoms with Crippen molar-refractivity contribution in [3.05, 3.63) is 65.7 Å². The smallest absolute Gasteiger partial charge is 0.241 e. The number of carbonyl (C=O) groups excluding carboxylic acids is 1. The number of anilines is 1. The maximum Gasteiger partial charge on any atom is 0.241 e. The van der Waals surface area contributed by atoms with Crippen molar-refractivity contribution in [2.45, 2.75) is 32.1 Å². The van der Waals surface area contributed by atoms with Gasteiger partial charge in [0.2, 0.25) is 5.91 Å². The normalized spacial score (nSPS) is 17.1. The Hall–Kier alpha value is -2.17. The second kappa shape index (κ2) is 7.90. The fourth-order valence-corrected chi connectivity index (χ4v) is 2.68. The number of benzene rings is 2. The molecule has 2 aromatic carbocycles. The molecule has 3 rings (SSSR count). The van der Waals surface area contributed by atoms with E-state index in [1.54, 1.807) is 0 Å². The van der Waals surface area contributed by atoms with Crippen molar-refractivity contribution in [2.24, 2.45) is 0 Å². The fraction of sp³-hybridized carbons (Fsp3) is 0.316. The van der Waals surface area contributed by atoms with E-state index in [2.05, 4.69) is 22.8 Å². The Balaban J connectivity index is 1.46. The van der Waals surface area contributed by atoms with Crippen molar-refractivity contribution in [3.8, 4) is 0 Å². The van der Waals surface area contributed by atoms with E-state index in [0.717, 1.165) is 30.6 Å². The average Bonchev–Trinajstić information content (AvgIpc) is 3.12. The van der Waals surface area contributed by atoms with Crippen LogP contribution in [0.25, 0.3) is 0 Å². The summed E-state index contributed by atoms with van der Waals surface area (Å²) in [5.74, 6) is 0.0515. The summed E-state index contributed by atoms with van der Waals surface area (Å²) >= 11 is 0. The van der Waals surface area contributed by atoms with Crippen molar-refractivity contribution in [1.29, 1.82) is 0 Å². The van der Waals surface area contributed by atoms with E-state index in [9.17, 15) is 4.79 Å². The van der Waals surface area contributed by atoms with Crippen molar-refractivity contribution in [1.82, 2.24) is 5.32 Å². The van der Waals surface area contributed by atoms with E-state index >= 15 is 0 Å². The van der Waals surface area contributed by atoms with Gasteiger partial charge in [0.05, 0.1) is 19.3 Å². The fourth-order valence-electron chi connectivity index (χ4n) is 2.68. The quantitative estimate of drug-likeness (QED) is 0.862. The Morgan fingerprint density at radius 2 is 1.74 bits per heavy atom. The first-order valence-electron chi connectivity index (χ1n) is 8.06. The summed E-state index contributed by atoms with van der Waals surface area (Å²) in [4.78, 5) is 12.0. The molecule has 0 aromatic heterocycles. The van der Waals surface area contributed by atoms with Crippen LogP contribution in [0.4, 0.5) is 5.69 Å². The van der Waals surface area contributed by atoms with Crippen LogP contribution in [0.15, 0.2) is 54.6 Å². The van der Waals surface area contributed by atoms with E-state index in [4.69, 9.17) is 4.74 Å². The van der Waals surface area contributed by atoms with E-state index in [0.29, 0.717) is 13.2 Å². The van der Waals surface area contributed by atoms with Crippen LogP contribution in [0.1, 0.15) is 24.0 Å². The third-order valence-electron chi connectivity index (χ3n) is 3.98. The van der Waals surface area contributed by atoms with Gasteiger partial charge in [-0.1, -0.05) is 42.5 Å². The summed E-state index contributed by atoms with van der Waals surface area (Å²) in [6.07, 6.45) is 1.98.